The Balaban J connectivity index is 1.60. The highest BCUT2D eigenvalue weighted by Gasteiger charge is 2.20. The first-order valence-electron chi connectivity index (χ1n) is 8.97. The van der Waals surface area contributed by atoms with Crippen molar-refractivity contribution in [1.82, 2.24) is 4.90 Å². The van der Waals surface area contributed by atoms with Crippen LogP contribution in [0.25, 0.3) is 6.08 Å². The first kappa shape index (κ1) is 20.2. The molecule has 1 aliphatic heterocycles. The fourth-order valence-corrected chi connectivity index (χ4v) is 3.46. The Labute approximate surface area is 174 Å². The first-order chi connectivity index (χ1) is 13.4. The summed E-state index contributed by atoms with van der Waals surface area (Å²) in [7, 11) is 0. The monoisotopic (exact) mass is 417 g/mol. The first-order valence-corrected chi connectivity index (χ1v) is 9.72. The van der Waals surface area contributed by atoms with E-state index in [0.29, 0.717) is 28.8 Å². The molecule has 0 saturated carbocycles. The molecule has 0 bridgehead atoms. The minimum Gasteiger partial charge on any atom is -0.367 e. The average molecular weight is 418 g/mol. The molecule has 0 aliphatic carbocycles. The van der Waals surface area contributed by atoms with Crippen molar-refractivity contribution in [3.8, 4) is 0 Å². The number of benzene rings is 2. The number of carbonyl (C=O) groups excluding carboxylic acids is 2. The second-order valence-corrected chi connectivity index (χ2v) is 7.38. The average Bonchev–Trinajstić information content (AvgIpc) is 2.68. The predicted molar refractivity (Wildman–Crippen MR) is 115 cm³/mol. The highest BCUT2D eigenvalue weighted by atomic mass is 35.5. The molecule has 1 aliphatic rings. The Morgan fingerprint density at radius 3 is 2.29 bits per heavy atom. The van der Waals surface area contributed by atoms with Gasteiger partial charge in [0.15, 0.2) is 0 Å². The molecule has 0 spiro atoms. The largest absolute Gasteiger partial charge is 0.367 e. The molecule has 146 valence electrons. The lowest BCUT2D eigenvalue weighted by molar-refractivity contribution is -0.129. The van der Waals surface area contributed by atoms with Gasteiger partial charge in [-0.05, 0) is 42.0 Å². The van der Waals surface area contributed by atoms with Crippen LogP contribution in [0.1, 0.15) is 12.5 Å². The Kier molecular flexibility index (Phi) is 6.60. The van der Waals surface area contributed by atoms with Gasteiger partial charge in [-0.2, -0.15) is 0 Å². The Morgan fingerprint density at radius 2 is 1.68 bits per heavy atom. The highest BCUT2D eigenvalue weighted by Crippen LogP contribution is 2.29. The van der Waals surface area contributed by atoms with Crippen molar-refractivity contribution in [2.24, 2.45) is 0 Å². The lowest BCUT2D eigenvalue weighted by atomic mass is 10.2. The van der Waals surface area contributed by atoms with Crippen LogP contribution < -0.4 is 10.2 Å². The van der Waals surface area contributed by atoms with E-state index in [1.165, 1.54) is 6.08 Å². The van der Waals surface area contributed by atoms with Crippen molar-refractivity contribution in [2.45, 2.75) is 6.92 Å². The van der Waals surface area contributed by atoms with Crippen LogP contribution in [0.5, 0.6) is 0 Å². The van der Waals surface area contributed by atoms with E-state index >= 15 is 0 Å². The molecule has 0 aromatic heterocycles. The van der Waals surface area contributed by atoms with Gasteiger partial charge in [-0.25, -0.2) is 0 Å². The summed E-state index contributed by atoms with van der Waals surface area (Å²) in [6, 6.07) is 12.7. The lowest BCUT2D eigenvalue weighted by Crippen LogP contribution is -2.48. The molecule has 0 radical (unpaired) electrons. The summed E-state index contributed by atoms with van der Waals surface area (Å²) in [5.74, 6) is -0.149. The smallest absolute Gasteiger partial charge is 0.248 e. The van der Waals surface area contributed by atoms with E-state index in [2.05, 4.69) is 10.2 Å². The molecular formula is C21H21Cl2N3O2. The van der Waals surface area contributed by atoms with Crippen LogP contribution in [0.3, 0.4) is 0 Å². The van der Waals surface area contributed by atoms with Crippen molar-refractivity contribution in [3.05, 3.63) is 64.1 Å². The van der Waals surface area contributed by atoms with Gasteiger partial charge in [0.25, 0.3) is 0 Å². The van der Waals surface area contributed by atoms with Crippen LogP contribution in [-0.2, 0) is 9.59 Å². The fourth-order valence-electron chi connectivity index (χ4n) is 3.03. The second kappa shape index (κ2) is 9.13. The van der Waals surface area contributed by atoms with Crippen LogP contribution in [0.2, 0.25) is 10.0 Å². The molecule has 1 heterocycles. The molecule has 0 unspecified atom stereocenters. The molecule has 2 aromatic rings. The van der Waals surface area contributed by atoms with Crippen molar-refractivity contribution < 1.29 is 9.59 Å². The maximum atomic E-state index is 12.1. The van der Waals surface area contributed by atoms with E-state index in [9.17, 15) is 9.59 Å². The van der Waals surface area contributed by atoms with Crippen LogP contribution in [-0.4, -0.2) is 42.9 Å². The Bertz CT molecular complexity index is 889. The zero-order valence-corrected chi connectivity index (χ0v) is 17.0. The predicted octanol–water partition coefficient (Wildman–Crippen LogP) is 4.31. The van der Waals surface area contributed by atoms with Gasteiger partial charge in [-0.3, -0.25) is 9.59 Å². The summed E-state index contributed by atoms with van der Waals surface area (Å²) in [6.45, 7) is 4.41. The van der Waals surface area contributed by atoms with Crippen LogP contribution in [0, 0.1) is 0 Å². The third kappa shape index (κ3) is 5.27. The molecule has 7 heteroatoms. The summed E-state index contributed by atoms with van der Waals surface area (Å²) in [4.78, 5) is 27.6. The standard InChI is InChI=1S/C21H21Cl2N3O2/c1-15(27)25-10-12-26(13-11-25)20-8-7-18(14-19(20)23)24-21(28)9-4-16-2-5-17(22)6-3-16/h2-9,14H,10-13H2,1H3,(H,24,28)/b9-4+. The number of amides is 2. The molecule has 2 aromatic carbocycles. The summed E-state index contributed by atoms with van der Waals surface area (Å²) >= 11 is 12.3. The van der Waals surface area contributed by atoms with Gasteiger partial charge in [0.2, 0.25) is 11.8 Å². The molecule has 1 saturated heterocycles. The minimum absolute atomic E-state index is 0.0930. The summed E-state index contributed by atoms with van der Waals surface area (Å²) < 4.78 is 0. The van der Waals surface area contributed by atoms with Gasteiger partial charge < -0.3 is 15.1 Å². The van der Waals surface area contributed by atoms with Crippen molar-refractivity contribution in [1.29, 1.82) is 0 Å². The van der Waals surface area contributed by atoms with Crippen LogP contribution >= 0.6 is 23.2 Å². The SMILES string of the molecule is CC(=O)N1CCN(c2ccc(NC(=O)/C=C/c3ccc(Cl)cc3)cc2Cl)CC1. The van der Waals surface area contributed by atoms with Gasteiger partial charge in [0.05, 0.1) is 10.7 Å². The molecule has 28 heavy (non-hydrogen) atoms. The fraction of sp³-hybridized carbons (Fsp3) is 0.238. The van der Waals surface area contributed by atoms with E-state index in [1.54, 1.807) is 31.2 Å². The van der Waals surface area contributed by atoms with E-state index in [-0.39, 0.29) is 11.8 Å². The van der Waals surface area contributed by atoms with Crippen LogP contribution in [0.15, 0.2) is 48.5 Å². The summed E-state index contributed by atoms with van der Waals surface area (Å²) in [5, 5.41) is 4.03. The molecule has 1 N–H and O–H groups in total. The minimum atomic E-state index is -0.242. The van der Waals surface area contributed by atoms with Gasteiger partial charge in [-0.1, -0.05) is 35.3 Å². The van der Waals surface area contributed by atoms with E-state index in [0.717, 1.165) is 24.3 Å². The molecule has 3 rings (SSSR count). The van der Waals surface area contributed by atoms with Crippen molar-refractivity contribution in [3.63, 3.8) is 0 Å². The zero-order valence-electron chi connectivity index (χ0n) is 15.5. The number of nitrogens with one attached hydrogen (secondary N) is 1. The number of hydrogen-bond acceptors (Lipinski definition) is 3. The lowest BCUT2D eigenvalue weighted by Gasteiger charge is -2.36. The summed E-state index contributed by atoms with van der Waals surface area (Å²) in [5.41, 5.74) is 2.42. The number of carbonyl (C=O) groups is 2. The zero-order chi connectivity index (χ0) is 20.1. The molecule has 5 nitrogen and oxygen atoms in total. The number of hydrogen-bond donors (Lipinski definition) is 1. The molecular weight excluding hydrogens is 397 g/mol. The number of piperazine rings is 1. The van der Waals surface area contributed by atoms with Gasteiger partial charge in [-0.15, -0.1) is 0 Å². The second-order valence-electron chi connectivity index (χ2n) is 6.53. The van der Waals surface area contributed by atoms with Gasteiger partial charge in [0.1, 0.15) is 0 Å². The summed E-state index contributed by atoms with van der Waals surface area (Å²) in [6.07, 6.45) is 3.18. The van der Waals surface area contributed by atoms with E-state index in [4.69, 9.17) is 23.2 Å². The van der Waals surface area contributed by atoms with E-state index < -0.39 is 0 Å². The number of rotatable bonds is 4. The highest BCUT2D eigenvalue weighted by molar-refractivity contribution is 6.33. The molecule has 0 atom stereocenters. The topological polar surface area (TPSA) is 52.7 Å². The van der Waals surface area contributed by atoms with E-state index in [1.807, 2.05) is 29.2 Å². The third-order valence-electron chi connectivity index (χ3n) is 4.58. The van der Waals surface area contributed by atoms with Crippen LogP contribution in [0.4, 0.5) is 11.4 Å². The molecule has 2 amide bonds. The Hall–Kier alpha value is -2.50. The third-order valence-corrected chi connectivity index (χ3v) is 5.13. The normalized spacial score (nSPS) is 14.4. The Morgan fingerprint density at radius 1 is 1.00 bits per heavy atom. The van der Waals surface area contributed by atoms with Crippen molar-refractivity contribution >= 4 is 52.5 Å². The maximum Gasteiger partial charge on any atom is 0.248 e. The number of nitrogens with zero attached hydrogens (tertiary/aromatic N) is 2. The van der Waals surface area contributed by atoms with Crippen molar-refractivity contribution in [2.75, 3.05) is 36.4 Å². The van der Waals surface area contributed by atoms with Gasteiger partial charge in [0, 0.05) is 49.9 Å². The number of halogens is 2. The quantitative estimate of drug-likeness (QED) is 0.753. The molecule has 1 fully saturated rings. The maximum absolute atomic E-state index is 12.1. The number of anilines is 2. The van der Waals surface area contributed by atoms with Gasteiger partial charge >= 0.3 is 0 Å².